The van der Waals surface area contributed by atoms with Crippen LogP contribution in [0.25, 0.3) is 0 Å². The SMILES string of the molecule is O=C(O)CCCC1=C(O)CSC1=O. The molecule has 0 aromatic rings. The highest BCUT2D eigenvalue weighted by atomic mass is 32.2. The third kappa shape index (κ3) is 2.77. The van der Waals surface area contributed by atoms with Gasteiger partial charge in [0.05, 0.1) is 5.75 Å². The van der Waals surface area contributed by atoms with Crippen LogP contribution in [0.4, 0.5) is 0 Å². The molecule has 1 rings (SSSR count). The average Bonchev–Trinajstić information content (AvgIpc) is 2.34. The molecule has 0 aromatic carbocycles. The first-order chi connectivity index (χ1) is 6.11. The third-order valence-corrected chi connectivity index (χ3v) is 2.68. The highest BCUT2D eigenvalue weighted by molar-refractivity contribution is 8.14. The Kier molecular flexibility index (Phi) is 3.36. The van der Waals surface area contributed by atoms with Crippen LogP contribution in [0.1, 0.15) is 19.3 Å². The molecule has 0 unspecified atom stereocenters. The van der Waals surface area contributed by atoms with Crippen molar-refractivity contribution in [1.29, 1.82) is 0 Å². The first kappa shape index (κ1) is 10.1. The van der Waals surface area contributed by atoms with Gasteiger partial charge in [-0.25, -0.2) is 0 Å². The van der Waals surface area contributed by atoms with Crippen molar-refractivity contribution in [3.8, 4) is 0 Å². The Balaban J connectivity index is 2.40. The van der Waals surface area contributed by atoms with E-state index in [9.17, 15) is 14.7 Å². The van der Waals surface area contributed by atoms with Gasteiger partial charge in [-0.3, -0.25) is 9.59 Å². The number of carboxylic acids is 1. The second-order valence-electron chi connectivity index (χ2n) is 2.75. The molecule has 4 nitrogen and oxygen atoms in total. The molecule has 72 valence electrons. The number of aliphatic carboxylic acids is 1. The summed E-state index contributed by atoms with van der Waals surface area (Å²) in [5, 5.41) is 17.4. The van der Waals surface area contributed by atoms with Crippen molar-refractivity contribution in [3.63, 3.8) is 0 Å². The van der Waals surface area contributed by atoms with Gasteiger partial charge in [0.2, 0.25) is 5.12 Å². The predicted octanol–water partition coefficient (Wildman–Crippen LogP) is 1.33. The lowest BCUT2D eigenvalue weighted by atomic mass is 10.1. The lowest BCUT2D eigenvalue weighted by Gasteiger charge is -1.98. The fourth-order valence-corrected chi connectivity index (χ4v) is 1.92. The van der Waals surface area contributed by atoms with Gasteiger partial charge in [-0.05, 0) is 12.8 Å². The van der Waals surface area contributed by atoms with E-state index in [-0.39, 0.29) is 17.3 Å². The van der Waals surface area contributed by atoms with Crippen LogP contribution in [0.5, 0.6) is 0 Å². The molecule has 0 atom stereocenters. The Bertz CT molecular complexity index is 269. The Morgan fingerprint density at radius 1 is 1.54 bits per heavy atom. The number of carbonyl (C=O) groups excluding carboxylic acids is 1. The molecule has 5 heteroatoms. The summed E-state index contributed by atoms with van der Waals surface area (Å²) >= 11 is 1.06. The first-order valence-electron chi connectivity index (χ1n) is 3.91. The standard InChI is InChI=1S/C8H10O4S/c9-6-4-13-8(12)5(6)2-1-3-7(10)11/h9H,1-4H2,(H,10,11). The number of carboxylic acid groups (broad SMARTS) is 1. The van der Waals surface area contributed by atoms with Crippen LogP contribution in [0.3, 0.4) is 0 Å². The van der Waals surface area contributed by atoms with E-state index in [1.807, 2.05) is 0 Å². The molecule has 1 aliphatic rings. The lowest BCUT2D eigenvalue weighted by Crippen LogP contribution is -1.98. The van der Waals surface area contributed by atoms with Crippen molar-refractivity contribution >= 4 is 22.8 Å². The Morgan fingerprint density at radius 2 is 2.23 bits per heavy atom. The fraction of sp³-hybridized carbons (Fsp3) is 0.500. The summed E-state index contributed by atoms with van der Waals surface area (Å²) in [6, 6.07) is 0. The van der Waals surface area contributed by atoms with E-state index < -0.39 is 5.97 Å². The number of aliphatic hydroxyl groups is 1. The van der Waals surface area contributed by atoms with Crippen LogP contribution < -0.4 is 0 Å². The van der Waals surface area contributed by atoms with Gasteiger partial charge in [-0.2, -0.15) is 0 Å². The van der Waals surface area contributed by atoms with E-state index in [4.69, 9.17) is 5.11 Å². The molecule has 2 N–H and O–H groups in total. The molecular formula is C8H10O4S. The van der Waals surface area contributed by atoms with Gasteiger partial charge in [0.1, 0.15) is 5.76 Å². The largest absolute Gasteiger partial charge is 0.511 e. The summed E-state index contributed by atoms with van der Waals surface area (Å²) in [5.41, 5.74) is 0.395. The highest BCUT2D eigenvalue weighted by Gasteiger charge is 2.22. The fourth-order valence-electron chi connectivity index (χ4n) is 1.09. The Hall–Kier alpha value is -0.970. The third-order valence-electron chi connectivity index (χ3n) is 1.75. The molecule has 0 amide bonds. The zero-order valence-corrected chi connectivity index (χ0v) is 7.76. The van der Waals surface area contributed by atoms with Crippen LogP contribution in [0, 0.1) is 0 Å². The number of thioether (sulfide) groups is 1. The van der Waals surface area contributed by atoms with Gasteiger partial charge in [0.15, 0.2) is 0 Å². The molecule has 1 aliphatic heterocycles. The Morgan fingerprint density at radius 3 is 2.69 bits per heavy atom. The Labute approximate surface area is 79.6 Å². The molecule has 0 bridgehead atoms. The van der Waals surface area contributed by atoms with Crippen molar-refractivity contribution in [1.82, 2.24) is 0 Å². The first-order valence-corrected chi connectivity index (χ1v) is 4.89. The highest BCUT2D eigenvalue weighted by Crippen LogP contribution is 2.28. The van der Waals surface area contributed by atoms with E-state index >= 15 is 0 Å². The van der Waals surface area contributed by atoms with Crippen molar-refractivity contribution in [2.45, 2.75) is 19.3 Å². The van der Waals surface area contributed by atoms with Crippen molar-refractivity contribution in [2.75, 3.05) is 5.75 Å². The molecule has 0 aromatic heterocycles. The van der Waals surface area contributed by atoms with Crippen molar-refractivity contribution in [3.05, 3.63) is 11.3 Å². The summed E-state index contributed by atoms with van der Waals surface area (Å²) in [7, 11) is 0. The van der Waals surface area contributed by atoms with Crippen LogP contribution in [-0.2, 0) is 9.59 Å². The molecule has 0 saturated carbocycles. The van der Waals surface area contributed by atoms with Gasteiger partial charge in [-0.15, -0.1) is 0 Å². The molecule has 0 spiro atoms. The van der Waals surface area contributed by atoms with Gasteiger partial charge >= 0.3 is 5.97 Å². The van der Waals surface area contributed by atoms with Gasteiger partial charge in [-0.1, -0.05) is 11.8 Å². The smallest absolute Gasteiger partial charge is 0.303 e. The molecule has 0 aliphatic carbocycles. The maximum Gasteiger partial charge on any atom is 0.303 e. The van der Waals surface area contributed by atoms with Crippen LogP contribution >= 0.6 is 11.8 Å². The minimum Gasteiger partial charge on any atom is -0.511 e. The van der Waals surface area contributed by atoms with Gasteiger partial charge in [0, 0.05) is 12.0 Å². The topological polar surface area (TPSA) is 74.6 Å². The molecule has 1 heterocycles. The maximum atomic E-state index is 11.1. The number of hydrogen-bond acceptors (Lipinski definition) is 4. The number of carbonyl (C=O) groups is 2. The normalized spacial score (nSPS) is 16.8. The summed E-state index contributed by atoms with van der Waals surface area (Å²) in [4.78, 5) is 21.2. The van der Waals surface area contributed by atoms with Gasteiger partial charge < -0.3 is 10.2 Å². The number of aliphatic hydroxyl groups excluding tert-OH is 1. The number of hydrogen-bond donors (Lipinski definition) is 2. The van der Waals surface area contributed by atoms with E-state index in [1.54, 1.807) is 0 Å². The average molecular weight is 202 g/mol. The summed E-state index contributed by atoms with van der Waals surface area (Å²) in [6.45, 7) is 0. The van der Waals surface area contributed by atoms with E-state index in [0.717, 1.165) is 11.8 Å². The minimum absolute atomic E-state index is 0.0364. The van der Waals surface area contributed by atoms with Crippen molar-refractivity contribution < 1.29 is 19.8 Å². The monoisotopic (exact) mass is 202 g/mol. The summed E-state index contributed by atoms with van der Waals surface area (Å²) in [6.07, 6.45) is 0.805. The molecular weight excluding hydrogens is 192 g/mol. The van der Waals surface area contributed by atoms with Crippen LogP contribution in [0.15, 0.2) is 11.3 Å². The zero-order chi connectivity index (χ0) is 9.84. The molecule has 13 heavy (non-hydrogen) atoms. The maximum absolute atomic E-state index is 11.1. The van der Waals surface area contributed by atoms with E-state index in [1.165, 1.54) is 0 Å². The van der Waals surface area contributed by atoms with E-state index in [2.05, 4.69) is 0 Å². The quantitative estimate of drug-likeness (QED) is 0.719. The van der Waals surface area contributed by atoms with Crippen LogP contribution in [-0.4, -0.2) is 27.1 Å². The second kappa shape index (κ2) is 4.32. The predicted molar refractivity (Wildman–Crippen MR) is 48.6 cm³/mol. The van der Waals surface area contributed by atoms with Crippen molar-refractivity contribution in [2.24, 2.45) is 0 Å². The van der Waals surface area contributed by atoms with Gasteiger partial charge in [0.25, 0.3) is 0 Å². The molecule has 0 fully saturated rings. The number of rotatable bonds is 4. The molecule has 0 saturated heterocycles. The molecule has 0 radical (unpaired) electrons. The van der Waals surface area contributed by atoms with E-state index in [0.29, 0.717) is 24.2 Å². The summed E-state index contributed by atoms with van der Waals surface area (Å²) < 4.78 is 0. The second-order valence-corrected chi connectivity index (χ2v) is 3.70. The lowest BCUT2D eigenvalue weighted by molar-refractivity contribution is -0.137. The van der Waals surface area contributed by atoms with Crippen LogP contribution in [0.2, 0.25) is 0 Å². The summed E-state index contributed by atoms with van der Waals surface area (Å²) in [5.74, 6) is -0.431. The zero-order valence-electron chi connectivity index (χ0n) is 6.95. The minimum atomic E-state index is -0.877.